The van der Waals surface area contributed by atoms with Crippen molar-refractivity contribution in [1.82, 2.24) is 5.32 Å². The molecule has 0 bridgehead atoms. The Balaban J connectivity index is 2.48. The molecule has 5 nitrogen and oxygen atoms in total. The van der Waals surface area contributed by atoms with E-state index in [-0.39, 0.29) is 30.0 Å². The van der Waals surface area contributed by atoms with Crippen molar-refractivity contribution in [2.45, 2.75) is 13.0 Å². The maximum atomic E-state index is 13.3. The molecule has 3 N–H and O–H groups in total. The van der Waals surface area contributed by atoms with Gasteiger partial charge < -0.3 is 20.5 Å². The van der Waals surface area contributed by atoms with Gasteiger partial charge in [-0.1, -0.05) is 6.07 Å². The molecule has 0 aromatic heterocycles. The van der Waals surface area contributed by atoms with Gasteiger partial charge in [-0.05, 0) is 19.1 Å². The molecule has 1 amide bonds. The fourth-order valence-corrected chi connectivity index (χ4v) is 1.42. The van der Waals surface area contributed by atoms with Crippen LogP contribution < -0.4 is 15.8 Å². The van der Waals surface area contributed by atoms with Crippen molar-refractivity contribution >= 4 is 11.6 Å². The number of amides is 1. The summed E-state index contributed by atoms with van der Waals surface area (Å²) in [5.41, 5.74) is 5.70. The standard InChI is InChI=1S/C12H17FN2O3/c1-8(6-17-2)15-11(16)7-18-12-9(13)4-3-5-10(12)14/h3-5,8H,6-7,14H2,1-2H3,(H,15,16). The number of halogens is 1. The van der Waals surface area contributed by atoms with Gasteiger partial charge in [-0.3, -0.25) is 4.79 Å². The molecule has 1 unspecified atom stereocenters. The lowest BCUT2D eigenvalue weighted by molar-refractivity contribution is -0.124. The molecule has 0 aliphatic carbocycles. The Labute approximate surface area is 105 Å². The first kappa shape index (κ1) is 14.2. The highest BCUT2D eigenvalue weighted by atomic mass is 19.1. The number of nitrogen functional groups attached to an aromatic ring is 1. The summed E-state index contributed by atoms with van der Waals surface area (Å²) in [6, 6.07) is 4.06. The highest BCUT2D eigenvalue weighted by molar-refractivity contribution is 5.78. The molecule has 18 heavy (non-hydrogen) atoms. The number of para-hydroxylation sites is 1. The van der Waals surface area contributed by atoms with Crippen molar-refractivity contribution in [3.05, 3.63) is 24.0 Å². The van der Waals surface area contributed by atoms with E-state index in [0.717, 1.165) is 0 Å². The lowest BCUT2D eigenvalue weighted by Gasteiger charge is -2.14. The molecule has 1 aromatic carbocycles. The fraction of sp³-hybridized carbons (Fsp3) is 0.417. The van der Waals surface area contributed by atoms with Crippen molar-refractivity contribution in [1.29, 1.82) is 0 Å². The molecule has 1 aromatic rings. The summed E-state index contributed by atoms with van der Waals surface area (Å²) < 4.78 is 23.3. The van der Waals surface area contributed by atoms with Gasteiger partial charge in [0.1, 0.15) is 0 Å². The summed E-state index contributed by atoms with van der Waals surface area (Å²) in [6.07, 6.45) is 0. The monoisotopic (exact) mass is 256 g/mol. The predicted octanol–water partition coefficient (Wildman–Crippen LogP) is 0.938. The van der Waals surface area contributed by atoms with Crippen molar-refractivity contribution in [3.8, 4) is 5.75 Å². The van der Waals surface area contributed by atoms with Crippen LogP contribution in [0, 0.1) is 5.82 Å². The number of benzene rings is 1. The molecular formula is C12H17FN2O3. The molecule has 6 heteroatoms. The molecule has 1 atom stereocenters. The molecular weight excluding hydrogens is 239 g/mol. The number of ether oxygens (including phenoxy) is 2. The van der Waals surface area contributed by atoms with Crippen LogP contribution in [0.3, 0.4) is 0 Å². The number of nitrogens with one attached hydrogen (secondary N) is 1. The average molecular weight is 256 g/mol. The fourth-order valence-electron chi connectivity index (χ4n) is 1.42. The van der Waals surface area contributed by atoms with E-state index in [2.05, 4.69) is 5.32 Å². The first-order valence-electron chi connectivity index (χ1n) is 5.49. The molecule has 0 saturated heterocycles. The zero-order valence-electron chi connectivity index (χ0n) is 10.4. The van der Waals surface area contributed by atoms with Crippen LogP contribution in [0.2, 0.25) is 0 Å². The quantitative estimate of drug-likeness (QED) is 0.743. The van der Waals surface area contributed by atoms with E-state index in [1.165, 1.54) is 18.2 Å². The summed E-state index contributed by atoms with van der Waals surface area (Å²) in [6.45, 7) is 1.89. The molecule has 0 radical (unpaired) electrons. The van der Waals surface area contributed by atoms with Crippen molar-refractivity contribution in [3.63, 3.8) is 0 Å². The van der Waals surface area contributed by atoms with Gasteiger partial charge in [0.05, 0.1) is 12.3 Å². The van der Waals surface area contributed by atoms with Gasteiger partial charge in [0, 0.05) is 13.2 Å². The van der Waals surface area contributed by atoms with E-state index in [1.54, 1.807) is 14.0 Å². The third-order valence-electron chi connectivity index (χ3n) is 2.17. The maximum Gasteiger partial charge on any atom is 0.258 e. The highest BCUT2D eigenvalue weighted by Crippen LogP contribution is 2.24. The van der Waals surface area contributed by atoms with Crippen LogP contribution in [-0.4, -0.2) is 32.3 Å². The number of anilines is 1. The largest absolute Gasteiger partial charge is 0.479 e. The topological polar surface area (TPSA) is 73.6 Å². The van der Waals surface area contributed by atoms with Crippen LogP contribution in [0.15, 0.2) is 18.2 Å². The summed E-state index contributed by atoms with van der Waals surface area (Å²) in [4.78, 5) is 11.5. The zero-order chi connectivity index (χ0) is 13.5. The van der Waals surface area contributed by atoms with Gasteiger partial charge in [-0.15, -0.1) is 0 Å². The van der Waals surface area contributed by atoms with Crippen LogP contribution in [0.1, 0.15) is 6.92 Å². The maximum absolute atomic E-state index is 13.3. The number of methoxy groups -OCH3 is 1. The average Bonchev–Trinajstić information content (AvgIpc) is 2.28. The Morgan fingerprint density at radius 2 is 2.28 bits per heavy atom. The van der Waals surface area contributed by atoms with Crippen LogP contribution in [0.25, 0.3) is 0 Å². The van der Waals surface area contributed by atoms with E-state index in [0.29, 0.717) is 6.61 Å². The minimum atomic E-state index is -0.590. The molecule has 0 aliphatic rings. The van der Waals surface area contributed by atoms with Crippen LogP contribution in [-0.2, 0) is 9.53 Å². The Kier molecular flexibility index (Phi) is 5.38. The second-order valence-corrected chi connectivity index (χ2v) is 3.87. The molecule has 0 aliphatic heterocycles. The van der Waals surface area contributed by atoms with E-state index >= 15 is 0 Å². The first-order valence-corrected chi connectivity index (χ1v) is 5.49. The molecule has 1 rings (SSSR count). The van der Waals surface area contributed by atoms with Crippen molar-refractivity contribution in [2.75, 3.05) is 26.1 Å². The lowest BCUT2D eigenvalue weighted by atomic mass is 10.3. The normalized spacial score (nSPS) is 11.9. The molecule has 0 spiro atoms. The smallest absolute Gasteiger partial charge is 0.258 e. The number of nitrogens with two attached hydrogens (primary N) is 1. The van der Waals surface area contributed by atoms with Crippen LogP contribution in [0.5, 0.6) is 5.75 Å². The second-order valence-electron chi connectivity index (χ2n) is 3.87. The van der Waals surface area contributed by atoms with E-state index < -0.39 is 5.82 Å². The number of carbonyl (C=O) groups is 1. The van der Waals surface area contributed by atoms with E-state index in [4.69, 9.17) is 15.2 Å². The van der Waals surface area contributed by atoms with E-state index in [1.807, 2.05) is 0 Å². The number of rotatable bonds is 6. The zero-order valence-corrected chi connectivity index (χ0v) is 10.4. The predicted molar refractivity (Wildman–Crippen MR) is 65.8 cm³/mol. The second kappa shape index (κ2) is 6.80. The first-order chi connectivity index (χ1) is 8.54. The highest BCUT2D eigenvalue weighted by Gasteiger charge is 2.11. The van der Waals surface area contributed by atoms with Gasteiger partial charge in [-0.2, -0.15) is 0 Å². The Hall–Kier alpha value is -1.82. The minimum Gasteiger partial charge on any atom is -0.479 e. The molecule has 0 fully saturated rings. The van der Waals surface area contributed by atoms with Crippen LogP contribution in [0.4, 0.5) is 10.1 Å². The third-order valence-corrected chi connectivity index (χ3v) is 2.17. The van der Waals surface area contributed by atoms with E-state index in [9.17, 15) is 9.18 Å². The Bertz CT molecular complexity index is 392. The third kappa shape index (κ3) is 4.21. The van der Waals surface area contributed by atoms with Crippen molar-refractivity contribution < 1.29 is 18.7 Å². The van der Waals surface area contributed by atoms with Gasteiger partial charge in [0.2, 0.25) is 0 Å². The number of carbonyl (C=O) groups excluding carboxylic acids is 1. The lowest BCUT2D eigenvalue weighted by Crippen LogP contribution is -2.38. The summed E-state index contributed by atoms with van der Waals surface area (Å²) in [5.74, 6) is -1.05. The summed E-state index contributed by atoms with van der Waals surface area (Å²) in [7, 11) is 1.54. The summed E-state index contributed by atoms with van der Waals surface area (Å²) >= 11 is 0. The molecule has 100 valence electrons. The Morgan fingerprint density at radius 1 is 1.56 bits per heavy atom. The van der Waals surface area contributed by atoms with Gasteiger partial charge in [0.25, 0.3) is 5.91 Å². The van der Waals surface area contributed by atoms with Gasteiger partial charge in [-0.25, -0.2) is 4.39 Å². The SMILES string of the molecule is COCC(C)NC(=O)COc1c(N)cccc1F. The molecule has 0 heterocycles. The van der Waals surface area contributed by atoms with Gasteiger partial charge in [0.15, 0.2) is 18.2 Å². The molecule has 0 saturated carbocycles. The van der Waals surface area contributed by atoms with Gasteiger partial charge >= 0.3 is 0 Å². The number of hydrogen-bond donors (Lipinski definition) is 2. The van der Waals surface area contributed by atoms with Crippen molar-refractivity contribution in [2.24, 2.45) is 0 Å². The Morgan fingerprint density at radius 3 is 2.89 bits per heavy atom. The van der Waals surface area contributed by atoms with Crippen LogP contribution >= 0.6 is 0 Å². The minimum absolute atomic E-state index is 0.105. The number of hydrogen-bond acceptors (Lipinski definition) is 4. The summed E-state index contributed by atoms with van der Waals surface area (Å²) in [5, 5.41) is 2.64.